The molecule has 0 radical (unpaired) electrons. The van der Waals surface area contributed by atoms with Crippen molar-refractivity contribution in [3.63, 3.8) is 0 Å². The van der Waals surface area contributed by atoms with Gasteiger partial charge in [-0.15, -0.1) is 0 Å². The fourth-order valence-corrected chi connectivity index (χ4v) is 1.81. The summed E-state index contributed by atoms with van der Waals surface area (Å²) in [5.41, 5.74) is 1.80. The smallest absolute Gasteiger partial charge is 0.336 e. The molecule has 0 aliphatic carbocycles. The molecule has 2 rings (SSSR count). The van der Waals surface area contributed by atoms with Crippen LogP contribution in [0.1, 0.15) is 30.9 Å². The lowest BCUT2D eigenvalue weighted by atomic mass is 9.98. The highest BCUT2D eigenvalue weighted by Crippen LogP contribution is 2.28. The van der Waals surface area contributed by atoms with E-state index in [0.717, 1.165) is 16.5 Å². The molecule has 0 spiro atoms. The summed E-state index contributed by atoms with van der Waals surface area (Å²) in [5.74, 6) is 0.395. The van der Waals surface area contributed by atoms with Crippen LogP contribution in [0.25, 0.3) is 11.0 Å². The minimum Gasteiger partial charge on any atom is -0.508 e. The van der Waals surface area contributed by atoms with E-state index in [1.54, 1.807) is 0 Å². The predicted molar refractivity (Wildman–Crippen MR) is 63.0 cm³/mol. The van der Waals surface area contributed by atoms with Gasteiger partial charge in [0.15, 0.2) is 0 Å². The number of phenolic OH excluding ortho intramolecular Hbond substituents is 1. The summed E-state index contributed by atoms with van der Waals surface area (Å²) in [5, 5.41) is 10.5. The highest BCUT2D eigenvalue weighted by Gasteiger charge is 2.10. The summed E-state index contributed by atoms with van der Waals surface area (Å²) >= 11 is 0. The second kappa shape index (κ2) is 3.67. The summed E-state index contributed by atoms with van der Waals surface area (Å²) in [6, 6.07) is 4.87. The molecule has 1 aromatic carbocycles. The van der Waals surface area contributed by atoms with Gasteiger partial charge in [-0.25, -0.2) is 4.79 Å². The highest BCUT2D eigenvalue weighted by atomic mass is 16.4. The Balaban J connectivity index is 2.90. The van der Waals surface area contributed by atoms with Crippen molar-refractivity contribution in [3.8, 4) is 5.75 Å². The van der Waals surface area contributed by atoms with Gasteiger partial charge in [0, 0.05) is 17.5 Å². The molecule has 1 heterocycles. The first-order chi connectivity index (χ1) is 7.49. The molecule has 0 atom stereocenters. The van der Waals surface area contributed by atoms with Crippen LogP contribution in [0.5, 0.6) is 5.75 Å². The Morgan fingerprint density at radius 3 is 2.56 bits per heavy atom. The SMILES string of the molecule is Cc1cc2c(C(C)C)cc(=O)oc2cc1O. The van der Waals surface area contributed by atoms with E-state index in [4.69, 9.17) is 4.42 Å². The topological polar surface area (TPSA) is 50.4 Å². The molecule has 16 heavy (non-hydrogen) atoms. The predicted octanol–water partition coefficient (Wildman–Crippen LogP) is 2.93. The van der Waals surface area contributed by atoms with Crippen LogP contribution in [0.15, 0.2) is 27.4 Å². The molecule has 0 aliphatic heterocycles. The van der Waals surface area contributed by atoms with Crippen LogP contribution in [-0.2, 0) is 0 Å². The zero-order chi connectivity index (χ0) is 11.9. The van der Waals surface area contributed by atoms with E-state index in [0.29, 0.717) is 5.58 Å². The van der Waals surface area contributed by atoms with Crippen LogP contribution in [0, 0.1) is 6.92 Å². The summed E-state index contributed by atoms with van der Waals surface area (Å²) in [4.78, 5) is 11.4. The van der Waals surface area contributed by atoms with Crippen LogP contribution < -0.4 is 5.63 Å². The Morgan fingerprint density at radius 1 is 1.25 bits per heavy atom. The number of aromatic hydroxyl groups is 1. The molecule has 3 heteroatoms. The average Bonchev–Trinajstić information content (AvgIpc) is 2.19. The lowest BCUT2D eigenvalue weighted by Gasteiger charge is -2.09. The number of phenols is 1. The quantitative estimate of drug-likeness (QED) is 0.749. The molecular formula is C13H14O3. The first-order valence-electron chi connectivity index (χ1n) is 5.26. The molecular weight excluding hydrogens is 204 g/mol. The summed E-state index contributed by atoms with van der Waals surface area (Å²) in [6.07, 6.45) is 0. The molecule has 2 aromatic rings. The molecule has 0 bridgehead atoms. The molecule has 0 fully saturated rings. The molecule has 3 nitrogen and oxygen atoms in total. The van der Waals surface area contributed by atoms with E-state index in [1.807, 2.05) is 26.8 Å². The normalized spacial score (nSPS) is 11.2. The van der Waals surface area contributed by atoms with Gasteiger partial charge >= 0.3 is 5.63 Å². The van der Waals surface area contributed by atoms with Crippen molar-refractivity contribution < 1.29 is 9.52 Å². The summed E-state index contributed by atoms with van der Waals surface area (Å²) in [7, 11) is 0. The third kappa shape index (κ3) is 1.69. The molecule has 0 unspecified atom stereocenters. The van der Waals surface area contributed by atoms with E-state index >= 15 is 0 Å². The first-order valence-corrected chi connectivity index (χ1v) is 5.26. The molecule has 0 saturated heterocycles. The van der Waals surface area contributed by atoms with Crippen LogP contribution >= 0.6 is 0 Å². The minimum absolute atomic E-state index is 0.150. The maximum atomic E-state index is 11.4. The second-order valence-corrected chi connectivity index (χ2v) is 4.31. The van der Waals surface area contributed by atoms with Gasteiger partial charge in [-0.05, 0) is 30.0 Å². The van der Waals surface area contributed by atoms with Gasteiger partial charge in [-0.1, -0.05) is 13.8 Å². The third-order valence-electron chi connectivity index (χ3n) is 2.72. The van der Waals surface area contributed by atoms with Gasteiger partial charge in [0.05, 0.1) is 0 Å². The zero-order valence-corrected chi connectivity index (χ0v) is 9.57. The lowest BCUT2D eigenvalue weighted by Crippen LogP contribution is -2.02. The maximum absolute atomic E-state index is 11.4. The molecule has 1 aromatic heterocycles. The average molecular weight is 218 g/mol. The van der Waals surface area contributed by atoms with Gasteiger partial charge in [-0.3, -0.25) is 0 Å². The summed E-state index contributed by atoms with van der Waals surface area (Å²) < 4.78 is 5.07. The lowest BCUT2D eigenvalue weighted by molar-refractivity contribution is 0.469. The molecule has 0 aliphatic rings. The number of hydrogen-bond acceptors (Lipinski definition) is 3. The number of aryl methyl sites for hydroxylation is 1. The molecule has 0 saturated carbocycles. The maximum Gasteiger partial charge on any atom is 0.336 e. The van der Waals surface area contributed by atoms with Crippen LogP contribution in [0.2, 0.25) is 0 Å². The van der Waals surface area contributed by atoms with Crippen molar-refractivity contribution in [3.05, 3.63) is 39.7 Å². The Labute approximate surface area is 93.3 Å². The Kier molecular flexibility index (Phi) is 2.46. The monoisotopic (exact) mass is 218 g/mol. The van der Waals surface area contributed by atoms with Gasteiger partial charge in [0.1, 0.15) is 11.3 Å². The van der Waals surface area contributed by atoms with Crippen LogP contribution in [0.4, 0.5) is 0 Å². The zero-order valence-electron chi connectivity index (χ0n) is 9.57. The van der Waals surface area contributed by atoms with E-state index in [-0.39, 0.29) is 17.3 Å². The van der Waals surface area contributed by atoms with Gasteiger partial charge < -0.3 is 9.52 Å². The fourth-order valence-electron chi connectivity index (χ4n) is 1.81. The van der Waals surface area contributed by atoms with Crippen LogP contribution in [-0.4, -0.2) is 5.11 Å². The van der Waals surface area contributed by atoms with Gasteiger partial charge in [0.25, 0.3) is 0 Å². The van der Waals surface area contributed by atoms with Crippen molar-refractivity contribution in [1.29, 1.82) is 0 Å². The Morgan fingerprint density at radius 2 is 1.94 bits per heavy atom. The molecule has 84 valence electrons. The van der Waals surface area contributed by atoms with Crippen molar-refractivity contribution in [2.24, 2.45) is 0 Å². The Hall–Kier alpha value is -1.77. The van der Waals surface area contributed by atoms with Crippen molar-refractivity contribution >= 4 is 11.0 Å². The van der Waals surface area contributed by atoms with Gasteiger partial charge in [-0.2, -0.15) is 0 Å². The van der Waals surface area contributed by atoms with Crippen LogP contribution in [0.3, 0.4) is 0 Å². The minimum atomic E-state index is -0.376. The van der Waals surface area contributed by atoms with E-state index in [2.05, 4.69) is 0 Å². The fraction of sp³-hybridized carbons (Fsp3) is 0.308. The largest absolute Gasteiger partial charge is 0.508 e. The molecule has 1 N–H and O–H groups in total. The van der Waals surface area contributed by atoms with Gasteiger partial charge in [0.2, 0.25) is 0 Å². The third-order valence-corrected chi connectivity index (χ3v) is 2.72. The molecule has 0 amide bonds. The van der Waals surface area contributed by atoms with Crippen molar-refractivity contribution in [2.75, 3.05) is 0 Å². The Bertz CT molecular complexity index is 594. The second-order valence-electron chi connectivity index (χ2n) is 4.31. The van der Waals surface area contributed by atoms with Crippen molar-refractivity contribution in [2.45, 2.75) is 26.7 Å². The number of fused-ring (bicyclic) bond motifs is 1. The number of benzene rings is 1. The van der Waals surface area contributed by atoms with Crippen molar-refractivity contribution in [1.82, 2.24) is 0 Å². The summed E-state index contributed by atoms with van der Waals surface area (Å²) in [6.45, 7) is 5.87. The first kappa shape index (κ1) is 10.7. The van der Waals surface area contributed by atoms with E-state index in [1.165, 1.54) is 12.1 Å². The highest BCUT2D eigenvalue weighted by molar-refractivity contribution is 5.83. The standard InChI is InChI=1S/C13H14O3/c1-7(2)9-5-13(15)16-12-6-11(14)8(3)4-10(9)12/h4-7,14H,1-3H3. The number of hydrogen-bond donors (Lipinski definition) is 1. The van der Waals surface area contributed by atoms with E-state index in [9.17, 15) is 9.90 Å². The number of rotatable bonds is 1. The van der Waals surface area contributed by atoms with E-state index < -0.39 is 0 Å².